The Morgan fingerprint density at radius 1 is 1.36 bits per heavy atom. The second kappa shape index (κ2) is 5.74. The number of phenolic OH excluding ortho intramolecular Hbond substituents is 1. The largest absolute Gasteiger partial charge is 0.508 e. The number of aliphatic hydroxyl groups is 1. The van der Waals surface area contributed by atoms with Crippen molar-refractivity contribution in [3.63, 3.8) is 0 Å². The van der Waals surface area contributed by atoms with Crippen molar-refractivity contribution >= 4 is 0 Å². The van der Waals surface area contributed by atoms with Gasteiger partial charge in [0.15, 0.2) is 0 Å². The van der Waals surface area contributed by atoms with Gasteiger partial charge in [0.25, 0.3) is 0 Å². The minimum absolute atomic E-state index is 0.250. The summed E-state index contributed by atoms with van der Waals surface area (Å²) in [6.45, 7) is 3.87. The standard InChI is InChI=1S/C7H8O.C2H6O/c1-6-3-2-4-7(8)5-6;1-2-3/h2-5,8H,1H3;3H,2H2,1H3. The van der Waals surface area contributed by atoms with Crippen LogP contribution in [0, 0.1) is 6.92 Å². The minimum Gasteiger partial charge on any atom is -0.508 e. The summed E-state index contributed by atoms with van der Waals surface area (Å²) < 4.78 is 0. The molecule has 0 aliphatic heterocycles. The van der Waals surface area contributed by atoms with Crippen LogP contribution >= 0.6 is 0 Å². The van der Waals surface area contributed by atoms with E-state index in [-0.39, 0.29) is 6.61 Å². The molecule has 1 rings (SSSR count). The van der Waals surface area contributed by atoms with Crippen LogP contribution in [-0.4, -0.2) is 16.8 Å². The average molecular weight is 154 g/mol. The number of benzene rings is 1. The minimum atomic E-state index is 0.250. The molecule has 2 nitrogen and oxygen atoms in total. The molecule has 0 unspecified atom stereocenters. The predicted molar refractivity (Wildman–Crippen MR) is 45.6 cm³/mol. The van der Waals surface area contributed by atoms with Crippen LogP contribution in [0.15, 0.2) is 24.3 Å². The van der Waals surface area contributed by atoms with Crippen LogP contribution in [0.3, 0.4) is 0 Å². The van der Waals surface area contributed by atoms with E-state index in [0.717, 1.165) is 5.56 Å². The fourth-order valence-electron chi connectivity index (χ4n) is 0.628. The number of phenols is 1. The molecular weight excluding hydrogens is 140 g/mol. The van der Waals surface area contributed by atoms with Crippen LogP contribution in [0.2, 0.25) is 0 Å². The van der Waals surface area contributed by atoms with Gasteiger partial charge in [-0.2, -0.15) is 0 Å². The summed E-state index contributed by atoms with van der Waals surface area (Å²) in [5.74, 6) is 0.338. The van der Waals surface area contributed by atoms with E-state index in [2.05, 4.69) is 0 Å². The lowest BCUT2D eigenvalue weighted by molar-refractivity contribution is 0.318. The Morgan fingerprint density at radius 2 is 1.91 bits per heavy atom. The van der Waals surface area contributed by atoms with Crippen molar-refractivity contribution in [1.82, 2.24) is 0 Å². The maximum absolute atomic E-state index is 8.81. The molecule has 0 atom stereocenters. The molecule has 62 valence electrons. The average Bonchev–Trinajstić information content (AvgIpc) is 1.88. The Bertz CT molecular complexity index is 179. The van der Waals surface area contributed by atoms with Crippen LogP contribution in [-0.2, 0) is 0 Å². The lowest BCUT2D eigenvalue weighted by atomic mass is 10.2. The summed E-state index contributed by atoms with van der Waals surface area (Å²) in [4.78, 5) is 0. The van der Waals surface area contributed by atoms with Crippen molar-refractivity contribution in [2.24, 2.45) is 0 Å². The molecule has 2 heteroatoms. The van der Waals surface area contributed by atoms with Gasteiger partial charge in [-0.25, -0.2) is 0 Å². The molecule has 1 aromatic rings. The van der Waals surface area contributed by atoms with Crippen molar-refractivity contribution in [3.05, 3.63) is 29.8 Å². The van der Waals surface area contributed by atoms with Crippen LogP contribution in [0.25, 0.3) is 0 Å². The molecule has 0 saturated heterocycles. The Balaban J connectivity index is 0.000000292. The third kappa shape index (κ3) is 5.43. The third-order valence-corrected chi connectivity index (χ3v) is 1.00. The molecule has 0 spiro atoms. The van der Waals surface area contributed by atoms with Gasteiger partial charge in [0.1, 0.15) is 5.75 Å². The number of aromatic hydroxyl groups is 1. The number of hydrogen-bond acceptors (Lipinski definition) is 2. The third-order valence-electron chi connectivity index (χ3n) is 1.00. The number of aryl methyl sites for hydroxylation is 1. The predicted octanol–water partition coefficient (Wildman–Crippen LogP) is 1.70. The van der Waals surface area contributed by atoms with Crippen molar-refractivity contribution in [2.45, 2.75) is 13.8 Å². The van der Waals surface area contributed by atoms with E-state index in [1.54, 1.807) is 19.1 Å². The normalized spacial score (nSPS) is 8.27. The second-order valence-corrected chi connectivity index (χ2v) is 2.16. The quantitative estimate of drug-likeness (QED) is 0.597. The van der Waals surface area contributed by atoms with Crippen LogP contribution in [0.1, 0.15) is 12.5 Å². The fourth-order valence-corrected chi connectivity index (χ4v) is 0.628. The van der Waals surface area contributed by atoms with Gasteiger partial charge in [-0.1, -0.05) is 12.1 Å². The molecule has 0 aromatic heterocycles. The highest BCUT2D eigenvalue weighted by Crippen LogP contribution is 2.08. The van der Waals surface area contributed by atoms with Crippen LogP contribution in [0.4, 0.5) is 0 Å². The summed E-state index contributed by atoms with van der Waals surface area (Å²) in [6, 6.07) is 7.15. The SMILES string of the molecule is CCO.Cc1cccc(O)c1. The van der Waals surface area contributed by atoms with E-state index in [4.69, 9.17) is 10.2 Å². The molecule has 0 aliphatic carbocycles. The maximum Gasteiger partial charge on any atom is 0.115 e. The van der Waals surface area contributed by atoms with E-state index in [1.165, 1.54) is 0 Å². The highest BCUT2D eigenvalue weighted by Gasteiger charge is 1.83. The highest BCUT2D eigenvalue weighted by molar-refractivity contribution is 5.25. The Kier molecular flexibility index (Phi) is 5.21. The zero-order valence-electron chi connectivity index (χ0n) is 6.91. The topological polar surface area (TPSA) is 40.5 Å². The monoisotopic (exact) mass is 154 g/mol. The number of rotatable bonds is 0. The van der Waals surface area contributed by atoms with E-state index >= 15 is 0 Å². The molecule has 0 bridgehead atoms. The van der Waals surface area contributed by atoms with E-state index in [0.29, 0.717) is 5.75 Å². The first-order valence-corrected chi connectivity index (χ1v) is 3.57. The summed E-state index contributed by atoms with van der Waals surface area (Å²) in [7, 11) is 0. The Morgan fingerprint density at radius 3 is 2.18 bits per heavy atom. The van der Waals surface area contributed by atoms with Crippen LogP contribution < -0.4 is 0 Å². The first-order valence-electron chi connectivity index (χ1n) is 3.57. The molecule has 0 fully saturated rings. The summed E-state index contributed by atoms with van der Waals surface area (Å²) in [5, 5.41) is 16.4. The van der Waals surface area contributed by atoms with Gasteiger partial charge in [0, 0.05) is 6.61 Å². The summed E-state index contributed by atoms with van der Waals surface area (Å²) in [6.07, 6.45) is 0. The van der Waals surface area contributed by atoms with Gasteiger partial charge in [-0.15, -0.1) is 0 Å². The highest BCUT2D eigenvalue weighted by atomic mass is 16.3. The lowest BCUT2D eigenvalue weighted by Crippen LogP contribution is -1.66. The summed E-state index contributed by atoms with van der Waals surface area (Å²) >= 11 is 0. The van der Waals surface area contributed by atoms with Crippen molar-refractivity contribution in [3.8, 4) is 5.75 Å². The molecule has 0 amide bonds. The van der Waals surface area contributed by atoms with Gasteiger partial charge < -0.3 is 10.2 Å². The summed E-state index contributed by atoms with van der Waals surface area (Å²) in [5.41, 5.74) is 1.09. The molecule has 0 radical (unpaired) electrons. The molecule has 1 aromatic carbocycles. The fraction of sp³-hybridized carbons (Fsp3) is 0.333. The van der Waals surface area contributed by atoms with E-state index in [1.807, 2.05) is 19.1 Å². The van der Waals surface area contributed by atoms with Crippen molar-refractivity contribution in [1.29, 1.82) is 0 Å². The van der Waals surface area contributed by atoms with Gasteiger partial charge in [0.2, 0.25) is 0 Å². The van der Waals surface area contributed by atoms with E-state index in [9.17, 15) is 0 Å². The molecule has 0 aliphatic rings. The van der Waals surface area contributed by atoms with E-state index < -0.39 is 0 Å². The smallest absolute Gasteiger partial charge is 0.115 e. The van der Waals surface area contributed by atoms with Crippen molar-refractivity contribution in [2.75, 3.05) is 6.61 Å². The van der Waals surface area contributed by atoms with Crippen molar-refractivity contribution < 1.29 is 10.2 Å². The second-order valence-electron chi connectivity index (χ2n) is 2.16. The molecule has 2 N–H and O–H groups in total. The molecule has 0 heterocycles. The van der Waals surface area contributed by atoms with Gasteiger partial charge >= 0.3 is 0 Å². The van der Waals surface area contributed by atoms with Gasteiger partial charge in [-0.05, 0) is 31.5 Å². The zero-order chi connectivity index (χ0) is 8.69. The first kappa shape index (κ1) is 9.98. The van der Waals surface area contributed by atoms with Gasteiger partial charge in [-0.3, -0.25) is 0 Å². The lowest BCUT2D eigenvalue weighted by Gasteiger charge is -1.89. The number of hydrogen-bond donors (Lipinski definition) is 2. The zero-order valence-corrected chi connectivity index (χ0v) is 6.91. The molecule has 0 saturated carbocycles. The molecule has 11 heavy (non-hydrogen) atoms. The number of aliphatic hydroxyl groups excluding tert-OH is 1. The molecular formula is C9H14O2. The Hall–Kier alpha value is -1.02. The van der Waals surface area contributed by atoms with Crippen LogP contribution in [0.5, 0.6) is 5.75 Å². The first-order chi connectivity index (χ1) is 5.20. The Labute approximate surface area is 67.1 Å². The van der Waals surface area contributed by atoms with Gasteiger partial charge in [0.05, 0.1) is 0 Å². The maximum atomic E-state index is 8.81.